The lowest BCUT2D eigenvalue weighted by Crippen LogP contribution is -2.20. The Balaban J connectivity index is 1.38. The van der Waals surface area contributed by atoms with Gasteiger partial charge in [-0.25, -0.2) is 0 Å². The van der Waals surface area contributed by atoms with Gasteiger partial charge in [-0.15, -0.1) is 10.2 Å². The zero-order valence-electron chi connectivity index (χ0n) is 13.8. The second kappa shape index (κ2) is 9.65. The first-order chi connectivity index (χ1) is 12.8. The number of amides is 1. The monoisotopic (exact) mass is 384 g/mol. The van der Waals surface area contributed by atoms with Gasteiger partial charge in [0.2, 0.25) is 5.13 Å². The first-order valence-corrected chi connectivity index (χ1v) is 9.60. The number of rotatable bonds is 7. The van der Waals surface area contributed by atoms with E-state index in [2.05, 4.69) is 27.4 Å². The Hall–Kier alpha value is -2.76. The molecule has 132 valence electrons. The molecule has 0 radical (unpaired) electrons. The summed E-state index contributed by atoms with van der Waals surface area (Å²) in [6, 6.07) is 13.1. The zero-order chi connectivity index (χ0) is 18.0. The quantitative estimate of drug-likeness (QED) is 0.385. The van der Waals surface area contributed by atoms with E-state index >= 15 is 0 Å². The maximum Gasteiger partial charge on any atom is 0.264 e. The van der Waals surface area contributed by atoms with Crippen LogP contribution in [-0.4, -0.2) is 33.0 Å². The molecule has 0 fully saturated rings. The molecular weight excluding hydrogens is 368 g/mol. The maximum atomic E-state index is 11.9. The Morgan fingerprint density at radius 1 is 1.15 bits per heavy atom. The molecule has 2 aromatic heterocycles. The molecule has 2 heterocycles. The van der Waals surface area contributed by atoms with Crippen molar-refractivity contribution in [2.24, 2.45) is 0 Å². The second-order valence-corrected chi connectivity index (χ2v) is 7.22. The molecule has 1 aromatic carbocycles. The van der Waals surface area contributed by atoms with Gasteiger partial charge in [-0.05, 0) is 24.3 Å². The fourth-order valence-electron chi connectivity index (χ4n) is 1.91. The molecule has 26 heavy (non-hydrogen) atoms. The van der Waals surface area contributed by atoms with Gasteiger partial charge in [0.1, 0.15) is 5.75 Å². The van der Waals surface area contributed by atoms with Crippen LogP contribution in [0.4, 0.5) is 5.13 Å². The number of nitrogens with zero attached hydrogens (tertiary/aromatic N) is 3. The van der Waals surface area contributed by atoms with E-state index in [0.29, 0.717) is 23.2 Å². The first kappa shape index (κ1) is 18.0. The van der Waals surface area contributed by atoms with Crippen LogP contribution in [0.25, 0.3) is 0 Å². The fourth-order valence-corrected chi connectivity index (χ4v) is 3.45. The third kappa shape index (κ3) is 5.95. The van der Waals surface area contributed by atoms with E-state index in [1.54, 1.807) is 12.1 Å². The van der Waals surface area contributed by atoms with Crippen molar-refractivity contribution >= 4 is 34.1 Å². The van der Waals surface area contributed by atoms with E-state index in [-0.39, 0.29) is 12.5 Å². The molecule has 0 saturated heterocycles. The maximum absolute atomic E-state index is 11.9. The third-order valence-electron chi connectivity index (χ3n) is 3.09. The number of aromatic nitrogens is 3. The minimum Gasteiger partial charge on any atom is -0.484 e. The molecule has 1 amide bonds. The van der Waals surface area contributed by atoms with Crippen LogP contribution in [0, 0.1) is 11.8 Å². The standard InChI is InChI=1S/C18H16N4O2S2/c23-16(14-24-15-8-2-1-3-9-15)19-17-20-21-18(26-17)25-13-7-6-12-22-10-4-5-11-22/h1-5,8-11H,12-14H2,(H,19,20,23). The molecular formula is C18H16N4O2S2. The average Bonchev–Trinajstić information content (AvgIpc) is 3.33. The summed E-state index contributed by atoms with van der Waals surface area (Å²) in [4.78, 5) is 11.9. The summed E-state index contributed by atoms with van der Waals surface area (Å²) in [6.07, 6.45) is 3.95. The minimum atomic E-state index is -0.270. The highest BCUT2D eigenvalue weighted by Gasteiger charge is 2.09. The topological polar surface area (TPSA) is 69.0 Å². The van der Waals surface area contributed by atoms with Gasteiger partial charge in [-0.2, -0.15) is 0 Å². The molecule has 6 nitrogen and oxygen atoms in total. The molecule has 0 spiro atoms. The van der Waals surface area contributed by atoms with Crippen LogP contribution in [-0.2, 0) is 11.3 Å². The fraction of sp³-hybridized carbons (Fsp3) is 0.167. The lowest BCUT2D eigenvalue weighted by atomic mass is 10.3. The van der Waals surface area contributed by atoms with Crippen molar-refractivity contribution in [2.45, 2.75) is 10.9 Å². The average molecular weight is 384 g/mol. The molecule has 3 aromatic rings. The van der Waals surface area contributed by atoms with Crippen molar-refractivity contribution in [1.29, 1.82) is 0 Å². The Labute approximate surface area is 159 Å². The number of carbonyl (C=O) groups excluding carboxylic acids is 1. The van der Waals surface area contributed by atoms with Crippen molar-refractivity contribution in [3.05, 3.63) is 54.9 Å². The van der Waals surface area contributed by atoms with Gasteiger partial charge in [-0.1, -0.05) is 53.1 Å². The van der Waals surface area contributed by atoms with E-state index in [0.717, 1.165) is 4.34 Å². The number of para-hydroxylation sites is 1. The van der Waals surface area contributed by atoms with Crippen molar-refractivity contribution in [2.75, 3.05) is 17.7 Å². The lowest BCUT2D eigenvalue weighted by Gasteiger charge is -2.04. The molecule has 3 rings (SSSR count). The molecule has 8 heteroatoms. The second-order valence-electron chi connectivity index (χ2n) is 5.02. The van der Waals surface area contributed by atoms with Crippen LogP contribution in [0.2, 0.25) is 0 Å². The van der Waals surface area contributed by atoms with Crippen LogP contribution in [0.3, 0.4) is 0 Å². The van der Waals surface area contributed by atoms with Gasteiger partial charge in [0.25, 0.3) is 5.91 Å². The Bertz CT molecular complexity index is 883. The Morgan fingerprint density at radius 2 is 1.96 bits per heavy atom. The zero-order valence-corrected chi connectivity index (χ0v) is 15.4. The van der Waals surface area contributed by atoms with Gasteiger partial charge in [0.05, 0.1) is 12.3 Å². The molecule has 0 unspecified atom stereocenters. The normalized spacial score (nSPS) is 10.0. The highest BCUT2D eigenvalue weighted by Crippen LogP contribution is 2.24. The highest BCUT2D eigenvalue weighted by atomic mass is 32.2. The molecule has 0 saturated carbocycles. The summed E-state index contributed by atoms with van der Waals surface area (Å²) >= 11 is 2.81. The molecule has 0 aliphatic carbocycles. The Morgan fingerprint density at radius 3 is 2.77 bits per heavy atom. The van der Waals surface area contributed by atoms with Crippen molar-refractivity contribution in [3.63, 3.8) is 0 Å². The minimum absolute atomic E-state index is 0.0725. The van der Waals surface area contributed by atoms with E-state index in [1.807, 2.05) is 47.3 Å². The SMILES string of the molecule is O=C(COc1ccccc1)Nc1nnc(SCC#CCn2cccc2)s1. The molecule has 0 aliphatic heterocycles. The first-order valence-electron chi connectivity index (χ1n) is 7.80. The van der Waals surface area contributed by atoms with Crippen LogP contribution in [0.15, 0.2) is 59.2 Å². The van der Waals surface area contributed by atoms with Gasteiger partial charge < -0.3 is 9.30 Å². The molecule has 0 bridgehead atoms. The number of benzene rings is 1. The number of thioether (sulfide) groups is 1. The number of carbonyl (C=O) groups is 1. The number of hydrogen-bond acceptors (Lipinski definition) is 6. The summed E-state index contributed by atoms with van der Waals surface area (Å²) in [7, 11) is 0. The van der Waals surface area contributed by atoms with E-state index < -0.39 is 0 Å². The van der Waals surface area contributed by atoms with E-state index in [4.69, 9.17) is 4.74 Å². The molecule has 0 aliphatic rings. The van der Waals surface area contributed by atoms with Crippen molar-refractivity contribution in [1.82, 2.24) is 14.8 Å². The van der Waals surface area contributed by atoms with Crippen LogP contribution >= 0.6 is 23.1 Å². The molecule has 1 N–H and O–H groups in total. The van der Waals surface area contributed by atoms with Gasteiger partial charge in [-0.3, -0.25) is 10.1 Å². The lowest BCUT2D eigenvalue weighted by molar-refractivity contribution is -0.118. The van der Waals surface area contributed by atoms with Crippen LogP contribution in [0.5, 0.6) is 5.75 Å². The number of hydrogen-bond donors (Lipinski definition) is 1. The van der Waals surface area contributed by atoms with E-state index in [1.165, 1.54) is 23.1 Å². The summed E-state index contributed by atoms with van der Waals surface area (Å²) in [6.45, 7) is 0.601. The van der Waals surface area contributed by atoms with Gasteiger partial charge >= 0.3 is 0 Å². The number of ether oxygens (including phenoxy) is 1. The highest BCUT2D eigenvalue weighted by molar-refractivity contribution is 8.01. The van der Waals surface area contributed by atoms with E-state index in [9.17, 15) is 4.79 Å². The predicted molar refractivity (Wildman–Crippen MR) is 103 cm³/mol. The summed E-state index contributed by atoms with van der Waals surface area (Å²) in [5.41, 5.74) is 0. The van der Waals surface area contributed by atoms with Crippen molar-refractivity contribution in [3.8, 4) is 17.6 Å². The van der Waals surface area contributed by atoms with Crippen LogP contribution < -0.4 is 10.1 Å². The predicted octanol–water partition coefficient (Wildman–Crippen LogP) is 3.15. The summed E-state index contributed by atoms with van der Waals surface area (Å²) < 4.78 is 8.16. The van der Waals surface area contributed by atoms with Gasteiger partial charge in [0, 0.05) is 12.4 Å². The van der Waals surface area contributed by atoms with Crippen LogP contribution in [0.1, 0.15) is 0 Å². The number of anilines is 1. The largest absolute Gasteiger partial charge is 0.484 e. The summed E-state index contributed by atoms with van der Waals surface area (Å²) in [5, 5.41) is 11.1. The smallest absolute Gasteiger partial charge is 0.264 e. The molecule has 0 atom stereocenters. The number of nitrogens with one attached hydrogen (secondary N) is 1. The Kier molecular flexibility index (Phi) is 6.70. The van der Waals surface area contributed by atoms with Crippen molar-refractivity contribution < 1.29 is 9.53 Å². The third-order valence-corrected chi connectivity index (χ3v) is 4.94. The summed E-state index contributed by atoms with van der Waals surface area (Å²) in [5.74, 6) is 7.18. The van der Waals surface area contributed by atoms with Gasteiger partial charge in [0.15, 0.2) is 10.9 Å².